The number of alkyl halides is 2. The van der Waals surface area contributed by atoms with Crippen LogP contribution in [0, 0.1) is 11.8 Å². The molecule has 0 spiro atoms. The van der Waals surface area contributed by atoms with Crippen LogP contribution in [0.3, 0.4) is 0 Å². The second-order valence-corrected chi connectivity index (χ2v) is 12.9. The minimum Gasteiger partial charge on any atom is -0.448 e. The summed E-state index contributed by atoms with van der Waals surface area (Å²) in [5, 5.41) is 7.56. The van der Waals surface area contributed by atoms with Gasteiger partial charge in [0.15, 0.2) is 0 Å². The van der Waals surface area contributed by atoms with E-state index in [4.69, 9.17) is 21.1 Å². The van der Waals surface area contributed by atoms with Gasteiger partial charge in [0.05, 0.1) is 17.8 Å². The number of nitrogens with zero attached hydrogens (tertiary/aromatic N) is 7. The molecule has 2 aromatic rings. The minimum absolute atomic E-state index is 0.0739. The number of likely N-dealkylation sites (tertiary alicyclic amines) is 2. The zero-order valence-corrected chi connectivity index (χ0v) is 28.8. The summed E-state index contributed by atoms with van der Waals surface area (Å²) in [6, 6.07) is 4.09. The number of aliphatic imine (C=N–C) groups is 1. The lowest BCUT2D eigenvalue weighted by atomic mass is 10.0. The summed E-state index contributed by atoms with van der Waals surface area (Å²) in [7, 11) is 3.42. The Morgan fingerprint density at radius 3 is 2.56 bits per heavy atom. The van der Waals surface area contributed by atoms with Gasteiger partial charge >= 0.3 is 12.7 Å². The number of allylic oxidation sites excluding steroid dienone is 1. The number of hydrogen-bond acceptors (Lipinski definition) is 9. The van der Waals surface area contributed by atoms with Gasteiger partial charge < -0.3 is 34.4 Å². The van der Waals surface area contributed by atoms with E-state index in [2.05, 4.69) is 33.5 Å². The average Bonchev–Trinajstić information content (AvgIpc) is 3.84. The van der Waals surface area contributed by atoms with Crippen molar-refractivity contribution in [2.75, 3.05) is 71.8 Å². The molecule has 268 valence electrons. The highest BCUT2D eigenvalue weighted by molar-refractivity contribution is 6.31. The number of nitrogens with one attached hydrogen (secondary N) is 1. The van der Waals surface area contributed by atoms with Gasteiger partial charge in [-0.25, -0.2) is 9.79 Å². The van der Waals surface area contributed by atoms with Crippen molar-refractivity contribution in [1.82, 2.24) is 29.4 Å². The lowest BCUT2D eigenvalue weighted by Crippen LogP contribution is -2.36. The van der Waals surface area contributed by atoms with Gasteiger partial charge in [-0.05, 0) is 43.0 Å². The standard InChI is InChI=1S/C34H41ClF2N8O5/c1-5-10-38-31(41(3)4)25(6-2)32(47)39-27-20-45(40-30(27)26-15-24(35)8-9-28(26)50-33(36)37)21-29(46)44-18-22-16-42(17-23(22)19-44)11-7-12-43-13-14-49-34(43)48/h5-6,8-10,15,20,22-23,33H,1-2,7,11-14,16-19,21H2,3-4H3,(H,39,47)/b31-25+,38-10-/t22-,23+. The van der Waals surface area contributed by atoms with Crippen molar-refractivity contribution in [2.45, 2.75) is 19.6 Å². The van der Waals surface area contributed by atoms with Crippen LogP contribution in [0.1, 0.15) is 6.42 Å². The molecule has 50 heavy (non-hydrogen) atoms. The number of anilines is 1. The number of carbonyl (C=O) groups excluding carboxylic acids is 3. The van der Waals surface area contributed by atoms with E-state index in [-0.39, 0.29) is 51.8 Å². The van der Waals surface area contributed by atoms with Crippen LogP contribution in [0.25, 0.3) is 11.3 Å². The number of carbonyl (C=O) groups is 3. The number of rotatable bonds is 15. The zero-order valence-electron chi connectivity index (χ0n) is 28.1. The van der Waals surface area contributed by atoms with E-state index in [1.54, 1.807) is 23.9 Å². The highest BCUT2D eigenvalue weighted by Gasteiger charge is 2.41. The van der Waals surface area contributed by atoms with Crippen molar-refractivity contribution in [1.29, 1.82) is 0 Å². The zero-order chi connectivity index (χ0) is 35.9. The first-order valence-electron chi connectivity index (χ1n) is 16.2. The molecule has 0 radical (unpaired) electrons. The maximum Gasteiger partial charge on any atom is 0.409 e. The van der Waals surface area contributed by atoms with Crippen LogP contribution < -0.4 is 10.1 Å². The maximum absolute atomic E-state index is 13.6. The van der Waals surface area contributed by atoms with Gasteiger partial charge in [-0.1, -0.05) is 36.9 Å². The smallest absolute Gasteiger partial charge is 0.409 e. The minimum atomic E-state index is -3.13. The third-order valence-corrected chi connectivity index (χ3v) is 9.03. The highest BCUT2D eigenvalue weighted by atomic mass is 35.5. The molecule has 16 heteroatoms. The summed E-state index contributed by atoms with van der Waals surface area (Å²) in [4.78, 5) is 50.7. The van der Waals surface area contributed by atoms with Crippen LogP contribution in [0.5, 0.6) is 5.75 Å². The Morgan fingerprint density at radius 1 is 1.20 bits per heavy atom. The first kappa shape index (κ1) is 36.5. The molecule has 0 saturated carbocycles. The van der Waals surface area contributed by atoms with Crippen molar-refractivity contribution in [3.05, 3.63) is 66.1 Å². The fourth-order valence-corrected chi connectivity index (χ4v) is 6.70. The van der Waals surface area contributed by atoms with Gasteiger partial charge in [-0.3, -0.25) is 14.3 Å². The second kappa shape index (κ2) is 16.3. The number of amides is 3. The molecule has 0 aliphatic carbocycles. The van der Waals surface area contributed by atoms with Gasteiger partial charge in [0.2, 0.25) is 5.91 Å². The molecule has 1 aromatic heterocycles. The molecule has 13 nitrogen and oxygen atoms in total. The summed E-state index contributed by atoms with van der Waals surface area (Å²) in [6.45, 7) is 9.65. The highest BCUT2D eigenvalue weighted by Crippen LogP contribution is 2.37. The summed E-state index contributed by atoms with van der Waals surface area (Å²) >= 11 is 6.26. The van der Waals surface area contributed by atoms with E-state index in [1.165, 1.54) is 47.4 Å². The first-order valence-corrected chi connectivity index (χ1v) is 16.6. The van der Waals surface area contributed by atoms with Crippen molar-refractivity contribution in [2.24, 2.45) is 16.8 Å². The van der Waals surface area contributed by atoms with E-state index in [0.717, 1.165) is 26.1 Å². The van der Waals surface area contributed by atoms with Crippen molar-refractivity contribution < 1.29 is 32.6 Å². The Morgan fingerprint density at radius 2 is 1.94 bits per heavy atom. The lowest BCUT2D eigenvalue weighted by molar-refractivity contribution is -0.131. The average molecular weight is 715 g/mol. The van der Waals surface area contributed by atoms with Crippen molar-refractivity contribution in [3.63, 3.8) is 0 Å². The van der Waals surface area contributed by atoms with Crippen molar-refractivity contribution >= 4 is 41.4 Å². The van der Waals surface area contributed by atoms with Crippen LogP contribution in [-0.4, -0.2) is 127 Å². The molecule has 4 heterocycles. The van der Waals surface area contributed by atoms with E-state index >= 15 is 0 Å². The third-order valence-electron chi connectivity index (χ3n) is 8.80. The van der Waals surface area contributed by atoms with E-state index in [9.17, 15) is 23.2 Å². The number of hydrogen-bond donors (Lipinski definition) is 1. The molecule has 5 rings (SSSR count). The summed E-state index contributed by atoms with van der Waals surface area (Å²) in [6.07, 6.45) is 6.31. The molecular weight excluding hydrogens is 674 g/mol. The Labute approximate surface area is 294 Å². The number of benzene rings is 1. The van der Waals surface area contributed by atoms with Crippen LogP contribution in [0.2, 0.25) is 5.02 Å². The van der Waals surface area contributed by atoms with Gasteiger partial charge in [-0.15, -0.1) is 0 Å². The molecule has 0 unspecified atom stereocenters. The molecular formula is C34H41ClF2N8O5. The van der Waals surface area contributed by atoms with Gasteiger partial charge in [0.1, 0.15) is 30.4 Å². The van der Waals surface area contributed by atoms with Crippen molar-refractivity contribution in [3.8, 4) is 17.0 Å². The van der Waals surface area contributed by atoms with Gasteiger partial charge in [0.25, 0.3) is 5.91 Å². The predicted octanol–water partition coefficient (Wildman–Crippen LogP) is 4.19. The number of aromatic nitrogens is 2. The Hall–Kier alpha value is -4.76. The molecule has 0 bridgehead atoms. The number of cyclic esters (lactones) is 1. The van der Waals surface area contributed by atoms with E-state index < -0.39 is 12.5 Å². The maximum atomic E-state index is 13.6. The molecule has 1 aromatic carbocycles. The summed E-state index contributed by atoms with van der Waals surface area (Å²) in [5.74, 6) is -0.0252. The second-order valence-electron chi connectivity index (χ2n) is 12.4. The van der Waals surface area contributed by atoms with E-state index in [0.29, 0.717) is 50.4 Å². The quantitative estimate of drug-likeness (QED) is 0.166. The fraction of sp³-hybridized carbons (Fsp3) is 0.441. The first-order chi connectivity index (χ1) is 24.0. The van der Waals surface area contributed by atoms with Crippen LogP contribution >= 0.6 is 11.6 Å². The van der Waals surface area contributed by atoms with E-state index in [1.807, 2.05) is 4.90 Å². The number of ether oxygens (including phenoxy) is 2. The topological polar surface area (TPSA) is 125 Å². The Kier molecular flexibility index (Phi) is 11.9. The Balaban J connectivity index is 1.32. The largest absolute Gasteiger partial charge is 0.448 e. The third kappa shape index (κ3) is 8.69. The number of fused-ring (bicyclic) bond motifs is 1. The van der Waals surface area contributed by atoms with Crippen LogP contribution in [0.4, 0.5) is 19.3 Å². The monoisotopic (exact) mass is 714 g/mol. The van der Waals surface area contributed by atoms with Gasteiger partial charge in [0, 0.05) is 69.8 Å². The Bertz CT molecular complexity index is 1660. The number of halogens is 3. The molecule has 1 N–H and O–H groups in total. The predicted molar refractivity (Wildman–Crippen MR) is 185 cm³/mol. The molecule has 3 amide bonds. The summed E-state index contributed by atoms with van der Waals surface area (Å²) in [5.41, 5.74) is 0.419. The van der Waals surface area contributed by atoms with Crippen LogP contribution in [-0.2, 0) is 20.9 Å². The SMILES string of the molecule is C=C/C=N\C(=C(\C=C)C(=O)Nc1cn(CC(=O)N2C[C@H]3CN(CCCN4CCOC4=O)C[C@H]3C2)nc1-c1cc(Cl)ccc1OC(F)F)N(C)C. The molecule has 3 aliphatic rings. The molecule has 3 saturated heterocycles. The summed E-state index contributed by atoms with van der Waals surface area (Å²) < 4.78 is 37.9. The normalized spacial score (nSPS) is 19.5. The molecule has 3 aliphatic heterocycles. The lowest BCUT2D eigenvalue weighted by Gasteiger charge is -2.22. The molecule has 3 fully saturated rings. The van der Waals surface area contributed by atoms with Gasteiger partial charge in [-0.2, -0.15) is 13.9 Å². The van der Waals surface area contributed by atoms with Crippen LogP contribution in [0.15, 0.2) is 66.1 Å². The fourth-order valence-electron chi connectivity index (χ4n) is 6.53. The molecule has 2 atom stereocenters.